The molecule has 0 heterocycles. The normalized spacial score (nSPS) is 9.47. The fourth-order valence-corrected chi connectivity index (χ4v) is 2.39. The van der Waals surface area contributed by atoms with E-state index in [2.05, 4.69) is 78.3 Å². The van der Waals surface area contributed by atoms with E-state index in [1.807, 2.05) is 12.1 Å². The summed E-state index contributed by atoms with van der Waals surface area (Å²) in [7, 11) is 0. The molecule has 0 aliphatic carbocycles. The zero-order chi connectivity index (χ0) is 11.9. The molecule has 0 atom stereocenters. The van der Waals surface area contributed by atoms with Crippen LogP contribution in [0.3, 0.4) is 0 Å². The van der Waals surface area contributed by atoms with Crippen molar-refractivity contribution < 1.29 is 13.2 Å². The maximum absolute atomic E-state index is 3.29. The van der Waals surface area contributed by atoms with Gasteiger partial charge in [0.25, 0.3) is 0 Å². The monoisotopic (exact) mass is 420 g/mol. The summed E-state index contributed by atoms with van der Waals surface area (Å²) >= 11 is 2.64. The number of benzene rings is 2. The Balaban J connectivity index is 2.60. The number of hydrogen-bond donors (Lipinski definition) is 0. The minimum absolute atomic E-state index is 0.294. The van der Waals surface area contributed by atoms with Crippen LogP contribution in [0, 0.1) is 0 Å². The fourth-order valence-electron chi connectivity index (χ4n) is 1.58. The molecular formula is C15H10IRh. The van der Waals surface area contributed by atoms with Crippen LogP contribution in [0.2, 0.25) is 0 Å². The fraction of sp³-hybridized carbons (Fsp3) is 0. The summed E-state index contributed by atoms with van der Waals surface area (Å²) in [5.41, 5.74) is 6.79. The third kappa shape index (κ3) is 3.59. The topological polar surface area (TPSA) is 0 Å². The van der Waals surface area contributed by atoms with Crippen LogP contribution < -0.4 is 0 Å². The van der Waals surface area contributed by atoms with Gasteiger partial charge in [0, 0.05) is 0 Å². The Kier molecular flexibility index (Phi) is 5.10. The summed E-state index contributed by atoms with van der Waals surface area (Å²) in [5.74, 6) is 0. The molecule has 0 N–H and O–H groups in total. The molecule has 0 amide bonds. The van der Waals surface area contributed by atoms with Gasteiger partial charge < -0.3 is 0 Å². The molecule has 0 radical (unpaired) electrons. The summed E-state index contributed by atoms with van der Waals surface area (Å²) in [6.07, 6.45) is 0. The minimum atomic E-state index is 0.294. The van der Waals surface area contributed by atoms with Crippen LogP contribution in [0.4, 0.5) is 0 Å². The van der Waals surface area contributed by atoms with Crippen molar-refractivity contribution in [2.24, 2.45) is 0 Å². The molecule has 0 aliphatic rings. The van der Waals surface area contributed by atoms with Gasteiger partial charge in [0.15, 0.2) is 0 Å². The van der Waals surface area contributed by atoms with E-state index in [0.29, 0.717) is 13.2 Å². The SMILES string of the molecule is [I][Rh]=[C]=C=C(c1ccccc1)c1ccccc1. The zero-order valence-corrected chi connectivity index (χ0v) is 12.8. The molecule has 0 nitrogen and oxygen atoms in total. The molecule has 0 unspecified atom stereocenters. The predicted octanol–water partition coefficient (Wildman–Crippen LogP) is 4.11. The van der Waals surface area contributed by atoms with Crippen LogP contribution in [-0.4, -0.2) is 4.26 Å². The summed E-state index contributed by atoms with van der Waals surface area (Å²) in [6.45, 7) is 0. The van der Waals surface area contributed by atoms with E-state index in [1.54, 1.807) is 0 Å². The summed E-state index contributed by atoms with van der Waals surface area (Å²) in [6, 6.07) is 20.7. The molecular weight excluding hydrogens is 410 g/mol. The Morgan fingerprint density at radius 3 is 1.71 bits per heavy atom. The Bertz CT molecular complexity index is 533. The first-order valence-electron chi connectivity index (χ1n) is 5.11. The average Bonchev–Trinajstić information content (AvgIpc) is 2.42. The first-order valence-corrected chi connectivity index (χ1v) is 10.8. The molecule has 0 spiro atoms. The molecule has 86 valence electrons. The van der Waals surface area contributed by atoms with Crippen molar-refractivity contribution in [3.8, 4) is 0 Å². The molecule has 2 rings (SSSR count). The van der Waals surface area contributed by atoms with Crippen LogP contribution in [0.5, 0.6) is 0 Å². The van der Waals surface area contributed by atoms with Crippen molar-refractivity contribution in [2.75, 3.05) is 0 Å². The van der Waals surface area contributed by atoms with Gasteiger partial charge in [-0.25, -0.2) is 0 Å². The quantitative estimate of drug-likeness (QED) is 0.390. The first kappa shape index (κ1) is 12.7. The van der Waals surface area contributed by atoms with Gasteiger partial charge in [-0.05, 0) is 0 Å². The Hall–Kier alpha value is -0.777. The van der Waals surface area contributed by atoms with Gasteiger partial charge in [0.05, 0.1) is 0 Å². The molecule has 2 aromatic rings. The number of rotatable bonds is 2. The molecule has 0 aromatic heterocycles. The standard InChI is InChI=1S/C15H10.HI.Rh/c1-2-15(13-9-5-3-6-10-13)14-11-7-4-8-12-14;;/h3-12H;1H;/q;;+1/p-1. The molecule has 0 saturated heterocycles. The molecule has 2 aromatic carbocycles. The van der Waals surface area contributed by atoms with Crippen LogP contribution in [0.25, 0.3) is 5.57 Å². The van der Waals surface area contributed by atoms with Gasteiger partial charge in [0.2, 0.25) is 0 Å². The number of halogens is 1. The summed E-state index contributed by atoms with van der Waals surface area (Å²) in [5, 5.41) is 0. The van der Waals surface area contributed by atoms with E-state index in [1.165, 1.54) is 11.1 Å². The number of hydrogen-bond acceptors (Lipinski definition) is 0. The second kappa shape index (κ2) is 6.84. The van der Waals surface area contributed by atoms with Gasteiger partial charge in [-0.2, -0.15) is 0 Å². The summed E-state index contributed by atoms with van der Waals surface area (Å²) in [4.78, 5) is 0. The van der Waals surface area contributed by atoms with Gasteiger partial charge in [0.1, 0.15) is 0 Å². The van der Waals surface area contributed by atoms with E-state index in [9.17, 15) is 0 Å². The molecule has 17 heavy (non-hydrogen) atoms. The van der Waals surface area contributed by atoms with Crippen molar-refractivity contribution in [3.05, 3.63) is 77.5 Å². The average molecular weight is 420 g/mol. The molecule has 0 bridgehead atoms. The van der Waals surface area contributed by atoms with Crippen LogP contribution in [0.15, 0.2) is 66.4 Å². The zero-order valence-electron chi connectivity index (χ0n) is 8.98. The van der Waals surface area contributed by atoms with Crippen LogP contribution in [0.1, 0.15) is 11.1 Å². The van der Waals surface area contributed by atoms with Crippen LogP contribution in [-0.2, 0) is 13.2 Å². The van der Waals surface area contributed by atoms with Gasteiger partial charge >= 0.3 is 120 Å². The van der Waals surface area contributed by atoms with E-state index < -0.39 is 0 Å². The molecule has 0 fully saturated rings. The van der Waals surface area contributed by atoms with E-state index in [4.69, 9.17) is 0 Å². The first-order chi connectivity index (χ1) is 8.42. The molecule has 0 saturated carbocycles. The third-order valence-corrected chi connectivity index (χ3v) is 3.75. The Morgan fingerprint density at radius 2 is 1.29 bits per heavy atom. The second-order valence-corrected chi connectivity index (χ2v) is 6.23. The van der Waals surface area contributed by atoms with Gasteiger partial charge in [-0.1, -0.05) is 0 Å². The van der Waals surface area contributed by atoms with Crippen molar-refractivity contribution in [2.45, 2.75) is 0 Å². The molecule has 0 aliphatic heterocycles. The predicted molar refractivity (Wildman–Crippen MR) is 77.9 cm³/mol. The van der Waals surface area contributed by atoms with Crippen molar-refractivity contribution in [1.29, 1.82) is 0 Å². The second-order valence-electron chi connectivity index (χ2n) is 3.38. The van der Waals surface area contributed by atoms with Gasteiger partial charge in [-0.15, -0.1) is 0 Å². The van der Waals surface area contributed by atoms with E-state index in [0.717, 1.165) is 5.57 Å². The third-order valence-electron chi connectivity index (χ3n) is 2.32. The van der Waals surface area contributed by atoms with Crippen molar-refractivity contribution >= 4 is 29.6 Å². The van der Waals surface area contributed by atoms with Crippen molar-refractivity contribution in [1.82, 2.24) is 0 Å². The Morgan fingerprint density at radius 1 is 0.824 bits per heavy atom. The molecule has 2 heteroatoms. The van der Waals surface area contributed by atoms with E-state index in [-0.39, 0.29) is 0 Å². The maximum atomic E-state index is 3.29. The Labute approximate surface area is 119 Å². The van der Waals surface area contributed by atoms with Crippen molar-refractivity contribution in [3.63, 3.8) is 0 Å². The summed E-state index contributed by atoms with van der Waals surface area (Å²) < 4.78 is 3.21. The van der Waals surface area contributed by atoms with Crippen LogP contribution >= 0.6 is 19.8 Å². The van der Waals surface area contributed by atoms with Gasteiger partial charge in [-0.3, -0.25) is 0 Å². The van der Waals surface area contributed by atoms with E-state index >= 15 is 0 Å².